The third kappa shape index (κ3) is 2.81. The summed E-state index contributed by atoms with van der Waals surface area (Å²) in [6.45, 7) is 4.92. The lowest BCUT2D eigenvalue weighted by Crippen LogP contribution is -2.61. The van der Waals surface area contributed by atoms with Crippen molar-refractivity contribution >= 4 is 11.8 Å². The molecule has 2 aliphatic heterocycles. The van der Waals surface area contributed by atoms with Gasteiger partial charge in [-0.2, -0.15) is 0 Å². The van der Waals surface area contributed by atoms with Crippen LogP contribution in [-0.2, 0) is 14.3 Å². The van der Waals surface area contributed by atoms with Gasteiger partial charge >= 0.3 is 0 Å². The van der Waals surface area contributed by atoms with Crippen LogP contribution < -0.4 is 10.6 Å². The first kappa shape index (κ1) is 13.3. The first-order valence-corrected chi connectivity index (χ1v) is 6.64. The van der Waals surface area contributed by atoms with E-state index >= 15 is 0 Å². The maximum absolute atomic E-state index is 12.3. The van der Waals surface area contributed by atoms with E-state index in [1.54, 1.807) is 4.90 Å². The molecule has 102 valence electrons. The molecular formula is C12H21N3O3. The predicted molar refractivity (Wildman–Crippen MR) is 66.0 cm³/mol. The van der Waals surface area contributed by atoms with Gasteiger partial charge in [0.25, 0.3) is 5.91 Å². The van der Waals surface area contributed by atoms with Gasteiger partial charge in [-0.3, -0.25) is 9.59 Å². The third-order valence-electron chi connectivity index (χ3n) is 3.39. The number of carbonyl (C=O) groups is 2. The fourth-order valence-corrected chi connectivity index (χ4v) is 2.45. The number of ether oxygens (including phenoxy) is 1. The van der Waals surface area contributed by atoms with Crippen LogP contribution in [0.4, 0.5) is 0 Å². The molecule has 0 aromatic heterocycles. The van der Waals surface area contributed by atoms with Gasteiger partial charge in [-0.25, -0.2) is 0 Å². The summed E-state index contributed by atoms with van der Waals surface area (Å²) in [5.74, 6) is -0.124. The molecule has 2 rings (SSSR count). The van der Waals surface area contributed by atoms with E-state index in [1.165, 1.54) is 0 Å². The van der Waals surface area contributed by atoms with Crippen molar-refractivity contribution in [1.82, 2.24) is 15.5 Å². The maximum Gasteiger partial charge on any atom is 0.252 e. The largest absolute Gasteiger partial charge is 0.368 e. The number of nitrogens with one attached hydrogen (secondary N) is 2. The predicted octanol–water partition coefficient (Wildman–Crippen LogP) is -0.898. The molecule has 0 aliphatic carbocycles. The van der Waals surface area contributed by atoms with E-state index in [-0.39, 0.29) is 17.9 Å². The van der Waals surface area contributed by atoms with E-state index in [0.29, 0.717) is 26.2 Å². The van der Waals surface area contributed by atoms with Crippen LogP contribution in [0.25, 0.3) is 0 Å². The van der Waals surface area contributed by atoms with Gasteiger partial charge in [-0.05, 0) is 19.8 Å². The van der Waals surface area contributed by atoms with Crippen molar-refractivity contribution in [3.05, 3.63) is 0 Å². The molecule has 6 heteroatoms. The first-order chi connectivity index (χ1) is 8.74. The molecule has 2 fully saturated rings. The summed E-state index contributed by atoms with van der Waals surface area (Å²) >= 11 is 0. The van der Waals surface area contributed by atoms with Crippen molar-refractivity contribution in [2.75, 3.05) is 32.8 Å². The third-order valence-corrected chi connectivity index (χ3v) is 3.39. The van der Waals surface area contributed by atoms with E-state index in [4.69, 9.17) is 4.74 Å². The number of amides is 2. The van der Waals surface area contributed by atoms with Crippen molar-refractivity contribution in [3.8, 4) is 0 Å². The molecule has 2 saturated heterocycles. The molecule has 0 bridgehead atoms. The Morgan fingerprint density at radius 2 is 2.33 bits per heavy atom. The van der Waals surface area contributed by atoms with Crippen LogP contribution in [0.15, 0.2) is 0 Å². The smallest absolute Gasteiger partial charge is 0.252 e. The zero-order chi connectivity index (χ0) is 13.0. The Hall–Kier alpha value is -1.14. The minimum absolute atomic E-state index is 0.0368. The summed E-state index contributed by atoms with van der Waals surface area (Å²) in [4.78, 5) is 25.9. The van der Waals surface area contributed by atoms with E-state index in [1.807, 2.05) is 6.92 Å². The highest BCUT2D eigenvalue weighted by Gasteiger charge is 2.36. The van der Waals surface area contributed by atoms with Crippen molar-refractivity contribution in [1.29, 1.82) is 0 Å². The lowest BCUT2D eigenvalue weighted by Gasteiger charge is -2.36. The Labute approximate surface area is 107 Å². The maximum atomic E-state index is 12.3. The first-order valence-electron chi connectivity index (χ1n) is 6.64. The lowest BCUT2D eigenvalue weighted by atomic mass is 10.1. The number of likely N-dealkylation sites (N-methyl/N-ethyl adjacent to an activating group) is 1. The fourth-order valence-electron chi connectivity index (χ4n) is 2.45. The number of piperazine rings is 1. The summed E-state index contributed by atoms with van der Waals surface area (Å²) in [6.07, 6.45) is 1.35. The molecule has 1 unspecified atom stereocenters. The number of carbonyl (C=O) groups excluding carboxylic acids is 2. The standard InChI is InChI=1S/C12H21N3O3/c1-2-14-11(16)9-8-13-5-6-15(9)12(17)10-4-3-7-18-10/h9-10,13H,2-8H2,1H3,(H,14,16)/t9?,10-/m0/s1. The molecule has 2 amide bonds. The van der Waals surface area contributed by atoms with Crippen molar-refractivity contribution < 1.29 is 14.3 Å². The summed E-state index contributed by atoms with van der Waals surface area (Å²) in [7, 11) is 0. The Morgan fingerprint density at radius 1 is 1.50 bits per heavy atom. The van der Waals surface area contributed by atoms with Crippen LogP contribution >= 0.6 is 0 Å². The molecule has 2 atom stereocenters. The Morgan fingerprint density at radius 3 is 3.00 bits per heavy atom. The molecular weight excluding hydrogens is 234 g/mol. The molecule has 2 aliphatic rings. The molecule has 18 heavy (non-hydrogen) atoms. The molecule has 0 saturated carbocycles. The molecule has 6 nitrogen and oxygen atoms in total. The van der Waals surface area contributed by atoms with Crippen LogP contribution in [0.3, 0.4) is 0 Å². The van der Waals surface area contributed by atoms with Crippen LogP contribution in [0.1, 0.15) is 19.8 Å². The van der Waals surface area contributed by atoms with Gasteiger partial charge in [-0.15, -0.1) is 0 Å². The zero-order valence-electron chi connectivity index (χ0n) is 10.8. The van der Waals surface area contributed by atoms with Crippen LogP contribution in [0, 0.1) is 0 Å². The van der Waals surface area contributed by atoms with E-state index in [2.05, 4.69) is 10.6 Å². The van der Waals surface area contributed by atoms with E-state index in [9.17, 15) is 9.59 Å². The topological polar surface area (TPSA) is 70.7 Å². The Kier molecular flexibility index (Phi) is 4.54. The van der Waals surface area contributed by atoms with Crippen molar-refractivity contribution in [2.45, 2.75) is 31.9 Å². The second kappa shape index (κ2) is 6.15. The Balaban J connectivity index is 2.02. The highest BCUT2D eigenvalue weighted by molar-refractivity contribution is 5.90. The summed E-state index contributed by atoms with van der Waals surface area (Å²) in [6, 6.07) is -0.407. The average molecular weight is 255 g/mol. The van der Waals surface area contributed by atoms with E-state index < -0.39 is 6.04 Å². The fraction of sp³-hybridized carbons (Fsp3) is 0.833. The van der Waals surface area contributed by atoms with Crippen molar-refractivity contribution in [2.24, 2.45) is 0 Å². The van der Waals surface area contributed by atoms with Crippen LogP contribution in [0.5, 0.6) is 0 Å². The van der Waals surface area contributed by atoms with Gasteiger partial charge in [0.05, 0.1) is 0 Å². The molecule has 2 heterocycles. The summed E-state index contributed by atoms with van der Waals surface area (Å²) < 4.78 is 5.41. The Bertz CT molecular complexity index is 316. The van der Waals surface area contributed by atoms with Gasteiger partial charge in [-0.1, -0.05) is 0 Å². The highest BCUT2D eigenvalue weighted by atomic mass is 16.5. The highest BCUT2D eigenvalue weighted by Crippen LogP contribution is 2.17. The second-order valence-corrected chi connectivity index (χ2v) is 4.65. The quantitative estimate of drug-likeness (QED) is 0.686. The molecule has 2 N–H and O–H groups in total. The molecule has 0 aromatic carbocycles. The minimum Gasteiger partial charge on any atom is -0.368 e. The minimum atomic E-state index is -0.407. The van der Waals surface area contributed by atoms with Gasteiger partial charge in [0, 0.05) is 32.8 Å². The van der Waals surface area contributed by atoms with Gasteiger partial charge in [0.15, 0.2) is 0 Å². The van der Waals surface area contributed by atoms with Crippen LogP contribution in [-0.4, -0.2) is 61.6 Å². The van der Waals surface area contributed by atoms with Gasteiger partial charge in [0.2, 0.25) is 5.91 Å². The van der Waals surface area contributed by atoms with Crippen LogP contribution in [0.2, 0.25) is 0 Å². The molecule has 0 radical (unpaired) electrons. The summed E-state index contributed by atoms with van der Waals surface area (Å²) in [5, 5.41) is 5.93. The summed E-state index contributed by atoms with van der Waals surface area (Å²) in [5.41, 5.74) is 0. The number of nitrogens with zero attached hydrogens (tertiary/aromatic N) is 1. The average Bonchev–Trinajstić information content (AvgIpc) is 2.92. The van der Waals surface area contributed by atoms with E-state index in [0.717, 1.165) is 19.4 Å². The van der Waals surface area contributed by atoms with Gasteiger partial charge in [0.1, 0.15) is 12.1 Å². The second-order valence-electron chi connectivity index (χ2n) is 4.65. The number of hydrogen-bond donors (Lipinski definition) is 2. The number of hydrogen-bond acceptors (Lipinski definition) is 4. The number of rotatable bonds is 3. The molecule has 0 spiro atoms. The SMILES string of the molecule is CCNC(=O)C1CNCCN1C(=O)[C@@H]1CCCO1. The van der Waals surface area contributed by atoms with Crippen molar-refractivity contribution in [3.63, 3.8) is 0 Å². The zero-order valence-corrected chi connectivity index (χ0v) is 10.8. The van der Waals surface area contributed by atoms with Gasteiger partial charge < -0.3 is 20.3 Å². The molecule has 0 aromatic rings. The monoisotopic (exact) mass is 255 g/mol. The normalized spacial score (nSPS) is 28.2. The lowest BCUT2D eigenvalue weighted by molar-refractivity contribution is -0.148.